The standard InChI is InChI=1S/C20H26BF3N2O6/c1-3-26(4-2)17(28)12-31-19(29)14-8-5-7-13-11-15(21(30)32-18(13)14)25-16(27)9-6-10-20(22,23)24/h5,7-8,15,30H,3-4,6,9-12H2,1-2H3,(H,25,27)/t15-/m0/s1. The van der Waals surface area contributed by atoms with E-state index in [1.54, 1.807) is 26.0 Å². The van der Waals surface area contributed by atoms with Crippen molar-refractivity contribution in [3.63, 3.8) is 0 Å². The van der Waals surface area contributed by atoms with E-state index in [-0.39, 0.29) is 36.5 Å². The molecule has 0 fully saturated rings. The molecule has 0 saturated carbocycles. The van der Waals surface area contributed by atoms with E-state index in [0.717, 1.165) is 0 Å². The van der Waals surface area contributed by atoms with Crippen LogP contribution in [0.1, 0.15) is 49.0 Å². The molecule has 176 valence electrons. The van der Waals surface area contributed by atoms with E-state index in [0.29, 0.717) is 18.7 Å². The third kappa shape index (κ3) is 7.15. The lowest BCUT2D eigenvalue weighted by atomic mass is 9.72. The van der Waals surface area contributed by atoms with Crippen molar-refractivity contribution in [2.75, 3.05) is 19.7 Å². The summed E-state index contributed by atoms with van der Waals surface area (Å²) in [4.78, 5) is 37.9. The fourth-order valence-electron chi connectivity index (χ4n) is 3.31. The van der Waals surface area contributed by atoms with Crippen LogP contribution in [0.25, 0.3) is 0 Å². The van der Waals surface area contributed by atoms with Gasteiger partial charge in [0.15, 0.2) is 6.61 Å². The monoisotopic (exact) mass is 458 g/mol. The molecule has 2 N–H and O–H groups in total. The number of rotatable bonds is 9. The lowest BCUT2D eigenvalue weighted by Gasteiger charge is -2.29. The van der Waals surface area contributed by atoms with E-state index >= 15 is 0 Å². The van der Waals surface area contributed by atoms with Crippen LogP contribution in [0, 0.1) is 0 Å². The van der Waals surface area contributed by atoms with Crippen LogP contribution >= 0.6 is 0 Å². The van der Waals surface area contributed by atoms with Crippen molar-refractivity contribution in [3.8, 4) is 5.75 Å². The SMILES string of the molecule is CCN(CC)C(=O)COC(=O)c1cccc2c1OB(O)[C@@H](NC(=O)CCCC(F)(F)F)C2. The van der Waals surface area contributed by atoms with E-state index in [1.807, 2.05) is 0 Å². The highest BCUT2D eigenvalue weighted by molar-refractivity contribution is 6.47. The number of esters is 1. The molecule has 1 aromatic carbocycles. The van der Waals surface area contributed by atoms with Crippen LogP contribution in [0.15, 0.2) is 18.2 Å². The zero-order valence-electron chi connectivity index (χ0n) is 17.9. The van der Waals surface area contributed by atoms with Gasteiger partial charge in [0.1, 0.15) is 11.3 Å². The number of halogens is 3. The number of hydrogen-bond donors (Lipinski definition) is 2. The Morgan fingerprint density at radius 3 is 2.59 bits per heavy atom. The Kier molecular flexibility index (Phi) is 8.94. The minimum atomic E-state index is -4.34. The summed E-state index contributed by atoms with van der Waals surface area (Å²) < 4.78 is 47.2. The Morgan fingerprint density at radius 2 is 1.97 bits per heavy atom. The molecule has 0 aliphatic carbocycles. The highest BCUT2D eigenvalue weighted by Crippen LogP contribution is 2.31. The van der Waals surface area contributed by atoms with Crippen LogP contribution < -0.4 is 9.97 Å². The molecule has 12 heteroatoms. The van der Waals surface area contributed by atoms with Crippen molar-refractivity contribution in [2.24, 2.45) is 0 Å². The number of amides is 2. The Labute approximate surface area is 184 Å². The lowest BCUT2D eigenvalue weighted by Crippen LogP contribution is -2.53. The summed E-state index contributed by atoms with van der Waals surface area (Å²) >= 11 is 0. The van der Waals surface area contributed by atoms with Crippen molar-refractivity contribution in [3.05, 3.63) is 29.3 Å². The summed E-state index contributed by atoms with van der Waals surface area (Å²) in [5.74, 6) is -2.61. The minimum absolute atomic E-state index is 0.0175. The highest BCUT2D eigenvalue weighted by atomic mass is 19.4. The normalized spacial score (nSPS) is 15.4. The maximum absolute atomic E-state index is 12.5. The van der Waals surface area contributed by atoms with Gasteiger partial charge in [0.25, 0.3) is 5.91 Å². The number of carbonyl (C=O) groups is 3. The number of alkyl halides is 3. The van der Waals surface area contributed by atoms with Gasteiger partial charge < -0.3 is 24.6 Å². The number of para-hydroxylation sites is 1. The summed E-state index contributed by atoms with van der Waals surface area (Å²) in [6.07, 6.45) is -6.02. The minimum Gasteiger partial charge on any atom is -0.534 e. The topological polar surface area (TPSA) is 105 Å². The van der Waals surface area contributed by atoms with Crippen molar-refractivity contribution >= 4 is 24.9 Å². The molecule has 0 bridgehead atoms. The Morgan fingerprint density at radius 1 is 1.28 bits per heavy atom. The fourth-order valence-corrected chi connectivity index (χ4v) is 3.31. The van der Waals surface area contributed by atoms with Gasteiger partial charge in [-0.15, -0.1) is 0 Å². The van der Waals surface area contributed by atoms with Gasteiger partial charge in [-0.05, 0) is 38.3 Å². The Balaban J connectivity index is 1.99. The second-order valence-corrected chi connectivity index (χ2v) is 7.29. The van der Waals surface area contributed by atoms with Gasteiger partial charge in [0.2, 0.25) is 5.91 Å². The summed E-state index contributed by atoms with van der Waals surface area (Å²) in [6, 6.07) is 4.61. The zero-order chi connectivity index (χ0) is 23.9. The molecule has 8 nitrogen and oxygen atoms in total. The number of hydrogen-bond acceptors (Lipinski definition) is 6. The Bertz CT molecular complexity index is 832. The number of ether oxygens (including phenoxy) is 1. The molecule has 1 aliphatic rings. The molecular formula is C20H26BF3N2O6. The van der Waals surface area contributed by atoms with Crippen molar-refractivity contribution in [2.45, 2.75) is 51.6 Å². The molecule has 0 radical (unpaired) electrons. The smallest absolute Gasteiger partial charge is 0.534 e. The molecule has 1 heterocycles. The predicted octanol–water partition coefficient (Wildman–Crippen LogP) is 1.88. The summed E-state index contributed by atoms with van der Waals surface area (Å²) in [5.41, 5.74) is 0.518. The molecule has 0 aromatic heterocycles. The molecule has 2 rings (SSSR count). The molecule has 32 heavy (non-hydrogen) atoms. The maximum Gasteiger partial charge on any atom is 0.547 e. The predicted molar refractivity (Wildman–Crippen MR) is 109 cm³/mol. The van der Waals surface area contributed by atoms with Gasteiger partial charge in [0, 0.05) is 25.9 Å². The fraction of sp³-hybridized carbons (Fsp3) is 0.550. The van der Waals surface area contributed by atoms with Crippen LogP contribution in [0.2, 0.25) is 0 Å². The van der Waals surface area contributed by atoms with E-state index in [2.05, 4.69) is 5.32 Å². The summed E-state index contributed by atoms with van der Waals surface area (Å²) in [7, 11) is -1.51. The average Bonchev–Trinajstić information content (AvgIpc) is 2.72. The number of benzene rings is 1. The Hall–Kier alpha value is -2.76. The molecule has 1 atom stereocenters. The number of carbonyl (C=O) groups excluding carboxylic acids is 3. The van der Waals surface area contributed by atoms with Crippen LogP contribution in [0.5, 0.6) is 5.75 Å². The quantitative estimate of drug-likeness (QED) is 0.433. The van der Waals surface area contributed by atoms with E-state index < -0.39 is 44.1 Å². The molecule has 0 unspecified atom stereocenters. The van der Waals surface area contributed by atoms with E-state index in [1.165, 1.54) is 11.0 Å². The van der Waals surface area contributed by atoms with Gasteiger partial charge in [-0.3, -0.25) is 9.59 Å². The first kappa shape index (κ1) is 25.5. The van der Waals surface area contributed by atoms with Gasteiger partial charge in [0.05, 0.1) is 5.94 Å². The van der Waals surface area contributed by atoms with Gasteiger partial charge in [-0.1, -0.05) is 12.1 Å². The second kappa shape index (κ2) is 11.2. The van der Waals surface area contributed by atoms with Crippen molar-refractivity contribution < 1.29 is 42.0 Å². The van der Waals surface area contributed by atoms with Crippen molar-refractivity contribution in [1.29, 1.82) is 0 Å². The van der Waals surface area contributed by atoms with E-state index in [9.17, 15) is 32.6 Å². The molecule has 1 aliphatic heterocycles. The first-order valence-electron chi connectivity index (χ1n) is 10.3. The largest absolute Gasteiger partial charge is 0.547 e. The second-order valence-electron chi connectivity index (χ2n) is 7.29. The summed E-state index contributed by atoms with van der Waals surface area (Å²) in [6.45, 7) is 4.12. The number of likely N-dealkylation sites (N-methyl/N-ethyl adjacent to an activating group) is 1. The lowest BCUT2D eigenvalue weighted by molar-refractivity contribution is -0.137. The van der Waals surface area contributed by atoms with Crippen LogP contribution in [0.3, 0.4) is 0 Å². The van der Waals surface area contributed by atoms with Crippen LogP contribution in [-0.4, -0.2) is 66.6 Å². The third-order valence-corrected chi connectivity index (χ3v) is 4.99. The number of fused-ring (bicyclic) bond motifs is 1. The third-order valence-electron chi connectivity index (χ3n) is 4.99. The molecule has 0 saturated heterocycles. The van der Waals surface area contributed by atoms with Gasteiger partial charge >= 0.3 is 19.3 Å². The average molecular weight is 458 g/mol. The molecule has 0 spiro atoms. The van der Waals surface area contributed by atoms with E-state index in [4.69, 9.17) is 9.39 Å². The van der Waals surface area contributed by atoms with Gasteiger partial charge in [-0.2, -0.15) is 13.2 Å². The number of nitrogens with zero attached hydrogens (tertiary/aromatic N) is 1. The number of nitrogens with one attached hydrogen (secondary N) is 1. The summed E-state index contributed by atoms with van der Waals surface area (Å²) in [5, 5.41) is 12.7. The van der Waals surface area contributed by atoms with Gasteiger partial charge in [-0.25, -0.2) is 4.79 Å². The van der Waals surface area contributed by atoms with Crippen LogP contribution in [0.4, 0.5) is 13.2 Å². The first-order chi connectivity index (χ1) is 15.1. The van der Waals surface area contributed by atoms with Crippen LogP contribution in [-0.2, 0) is 20.7 Å². The molecule has 1 aromatic rings. The molecule has 2 amide bonds. The first-order valence-corrected chi connectivity index (χ1v) is 10.3. The zero-order valence-corrected chi connectivity index (χ0v) is 17.9. The maximum atomic E-state index is 12.5. The van der Waals surface area contributed by atoms with Crippen molar-refractivity contribution in [1.82, 2.24) is 10.2 Å². The highest BCUT2D eigenvalue weighted by Gasteiger charge is 2.38. The molecular weight excluding hydrogens is 432 g/mol.